The Labute approximate surface area is 172 Å². The largest absolute Gasteiger partial charge is 0.461 e. The van der Waals surface area contributed by atoms with Crippen LogP contribution in [0.4, 0.5) is 5.69 Å². The van der Waals surface area contributed by atoms with Gasteiger partial charge in [-0.25, -0.2) is 12.7 Å². The van der Waals surface area contributed by atoms with Crippen LogP contribution < -0.4 is 4.31 Å². The highest BCUT2D eigenvalue weighted by Gasteiger charge is 2.31. The second kappa shape index (κ2) is 7.10. The molecule has 1 aromatic heterocycles. The van der Waals surface area contributed by atoms with Crippen molar-refractivity contribution in [2.24, 2.45) is 0 Å². The highest BCUT2D eigenvalue weighted by atomic mass is 35.5. The number of sulfonamides is 1. The fraction of sp³-hybridized carbons (Fsp3) is 0.250. The summed E-state index contributed by atoms with van der Waals surface area (Å²) in [7, 11) is -4.24. The minimum atomic E-state index is -4.24. The van der Waals surface area contributed by atoms with E-state index in [0.29, 0.717) is 5.58 Å². The fourth-order valence-electron chi connectivity index (χ4n) is 3.64. The standard InChI is InChI=1S/C20H17Cl2NO4S/c1-12(24)23(28(25,26)20-10-13(21)6-8-17(20)22)14-7-9-19-16(11-14)15-4-2-3-5-18(15)27-19/h6-11H,2-5H2,1H3. The van der Waals surface area contributed by atoms with Crippen LogP contribution in [0.1, 0.15) is 31.1 Å². The molecule has 0 atom stereocenters. The van der Waals surface area contributed by atoms with E-state index in [0.717, 1.165) is 46.7 Å². The molecule has 0 N–H and O–H groups in total. The molecule has 3 aromatic rings. The van der Waals surface area contributed by atoms with Gasteiger partial charge in [0.05, 0.1) is 10.7 Å². The van der Waals surface area contributed by atoms with Crippen LogP contribution >= 0.6 is 23.2 Å². The van der Waals surface area contributed by atoms with Crippen LogP contribution in [0.25, 0.3) is 11.0 Å². The molecular weight excluding hydrogens is 421 g/mol. The van der Waals surface area contributed by atoms with Gasteiger partial charge in [-0.15, -0.1) is 0 Å². The molecule has 1 heterocycles. The Morgan fingerprint density at radius 2 is 1.82 bits per heavy atom. The molecular formula is C20H17Cl2NO4S. The maximum atomic E-state index is 13.2. The van der Waals surface area contributed by atoms with Crippen LogP contribution in [0.5, 0.6) is 0 Å². The molecule has 1 aliphatic carbocycles. The number of benzene rings is 2. The van der Waals surface area contributed by atoms with Gasteiger partial charge in [0.25, 0.3) is 10.0 Å². The van der Waals surface area contributed by atoms with Crippen molar-refractivity contribution >= 4 is 55.8 Å². The zero-order valence-electron chi connectivity index (χ0n) is 15.0. The first-order valence-electron chi connectivity index (χ1n) is 8.84. The number of carbonyl (C=O) groups excluding carboxylic acids is 1. The van der Waals surface area contributed by atoms with E-state index < -0.39 is 15.9 Å². The van der Waals surface area contributed by atoms with E-state index in [1.807, 2.05) is 0 Å². The normalized spacial score (nSPS) is 14.1. The van der Waals surface area contributed by atoms with Crippen molar-refractivity contribution in [3.8, 4) is 0 Å². The number of hydrogen-bond acceptors (Lipinski definition) is 4. The number of nitrogens with zero attached hydrogens (tertiary/aromatic N) is 1. The number of aryl methyl sites for hydroxylation is 2. The Morgan fingerprint density at radius 3 is 2.57 bits per heavy atom. The zero-order chi connectivity index (χ0) is 20.1. The Hall–Kier alpha value is -2.02. The molecule has 0 unspecified atom stereocenters. The number of rotatable bonds is 3. The number of carbonyl (C=O) groups is 1. The molecule has 0 fully saturated rings. The number of hydrogen-bond donors (Lipinski definition) is 0. The monoisotopic (exact) mass is 437 g/mol. The van der Waals surface area contributed by atoms with E-state index in [4.69, 9.17) is 27.6 Å². The predicted molar refractivity (Wildman–Crippen MR) is 110 cm³/mol. The number of amides is 1. The van der Waals surface area contributed by atoms with Crippen molar-refractivity contribution in [1.82, 2.24) is 0 Å². The third-order valence-corrected chi connectivity index (χ3v) is 7.39. The summed E-state index contributed by atoms with van der Waals surface area (Å²) in [4.78, 5) is 12.2. The summed E-state index contributed by atoms with van der Waals surface area (Å²) >= 11 is 12.1. The molecule has 5 nitrogen and oxygen atoms in total. The van der Waals surface area contributed by atoms with Gasteiger partial charge in [0.15, 0.2) is 0 Å². The quantitative estimate of drug-likeness (QED) is 0.552. The third kappa shape index (κ3) is 3.19. The molecule has 0 saturated carbocycles. The van der Waals surface area contributed by atoms with Crippen molar-refractivity contribution in [3.63, 3.8) is 0 Å². The minimum absolute atomic E-state index is 0.00239. The number of halogens is 2. The topological polar surface area (TPSA) is 67.6 Å². The lowest BCUT2D eigenvalue weighted by atomic mass is 9.96. The maximum Gasteiger partial charge on any atom is 0.272 e. The highest BCUT2D eigenvalue weighted by molar-refractivity contribution is 7.93. The molecule has 0 aliphatic heterocycles. The van der Waals surface area contributed by atoms with Gasteiger partial charge >= 0.3 is 0 Å². The second-order valence-corrected chi connectivity index (χ2v) is 9.35. The molecule has 0 spiro atoms. The molecule has 4 rings (SSSR count). The SMILES string of the molecule is CC(=O)N(c1ccc2oc3c(c2c1)CCCC3)S(=O)(=O)c1cc(Cl)ccc1Cl. The molecule has 0 saturated heterocycles. The molecule has 8 heteroatoms. The van der Waals surface area contributed by atoms with Gasteiger partial charge < -0.3 is 4.42 Å². The van der Waals surface area contributed by atoms with Gasteiger partial charge in [-0.2, -0.15) is 0 Å². The number of anilines is 1. The molecule has 0 radical (unpaired) electrons. The fourth-order valence-corrected chi connectivity index (χ4v) is 5.80. The van der Waals surface area contributed by atoms with E-state index in [1.165, 1.54) is 25.1 Å². The average Bonchev–Trinajstić information content (AvgIpc) is 3.01. The van der Waals surface area contributed by atoms with Gasteiger partial charge in [-0.1, -0.05) is 23.2 Å². The predicted octanol–water partition coefficient (Wildman–Crippen LogP) is 5.36. The van der Waals surface area contributed by atoms with Crippen molar-refractivity contribution < 1.29 is 17.6 Å². The molecule has 1 aliphatic rings. The van der Waals surface area contributed by atoms with Crippen LogP contribution in [-0.2, 0) is 27.7 Å². The van der Waals surface area contributed by atoms with Crippen LogP contribution in [-0.4, -0.2) is 14.3 Å². The summed E-state index contributed by atoms with van der Waals surface area (Å²) < 4.78 is 33.2. The van der Waals surface area contributed by atoms with Crippen molar-refractivity contribution in [1.29, 1.82) is 0 Å². The summed E-state index contributed by atoms with van der Waals surface area (Å²) in [6.07, 6.45) is 3.87. The van der Waals surface area contributed by atoms with E-state index in [1.54, 1.807) is 18.2 Å². The summed E-state index contributed by atoms with van der Waals surface area (Å²) in [6, 6.07) is 9.09. The first-order chi connectivity index (χ1) is 13.3. The molecule has 146 valence electrons. The highest BCUT2D eigenvalue weighted by Crippen LogP contribution is 2.36. The average molecular weight is 438 g/mol. The lowest BCUT2D eigenvalue weighted by Gasteiger charge is -2.22. The molecule has 1 amide bonds. The maximum absolute atomic E-state index is 13.2. The summed E-state index contributed by atoms with van der Waals surface area (Å²) in [5, 5.41) is 1.05. The second-order valence-electron chi connectivity index (χ2n) is 6.75. The van der Waals surface area contributed by atoms with Gasteiger partial charge in [-0.3, -0.25) is 4.79 Å². The number of fused-ring (bicyclic) bond motifs is 3. The van der Waals surface area contributed by atoms with Crippen LogP contribution in [0, 0.1) is 0 Å². The van der Waals surface area contributed by atoms with E-state index in [9.17, 15) is 13.2 Å². The zero-order valence-corrected chi connectivity index (χ0v) is 17.4. The van der Waals surface area contributed by atoms with Gasteiger partial charge in [0.2, 0.25) is 5.91 Å². The Morgan fingerprint density at radius 1 is 1.07 bits per heavy atom. The van der Waals surface area contributed by atoms with Crippen LogP contribution in [0.2, 0.25) is 10.0 Å². The van der Waals surface area contributed by atoms with Gasteiger partial charge in [0.1, 0.15) is 16.2 Å². The lowest BCUT2D eigenvalue weighted by Crippen LogP contribution is -2.35. The van der Waals surface area contributed by atoms with E-state index in [-0.39, 0.29) is 20.6 Å². The molecule has 2 aromatic carbocycles. The summed E-state index contributed by atoms with van der Waals surface area (Å²) in [6.45, 7) is 1.20. The minimum Gasteiger partial charge on any atom is -0.461 e. The summed E-state index contributed by atoms with van der Waals surface area (Å²) in [5.74, 6) is 0.293. The molecule has 28 heavy (non-hydrogen) atoms. The van der Waals surface area contributed by atoms with Gasteiger partial charge in [0, 0.05) is 29.3 Å². The van der Waals surface area contributed by atoms with E-state index in [2.05, 4.69) is 0 Å². The smallest absolute Gasteiger partial charge is 0.272 e. The van der Waals surface area contributed by atoms with Crippen molar-refractivity contribution in [2.45, 2.75) is 37.5 Å². The van der Waals surface area contributed by atoms with E-state index >= 15 is 0 Å². The number of furan rings is 1. The Bertz CT molecular complexity index is 1200. The van der Waals surface area contributed by atoms with Crippen molar-refractivity contribution in [3.05, 3.63) is 57.8 Å². The van der Waals surface area contributed by atoms with Crippen molar-refractivity contribution in [2.75, 3.05) is 4.31 Å². The first kappa shape index (κ1) is 19.3. The van der Waals surface area contributed by atoms with Crippen LogP contribution in [0.3, 0.4) is 0 Å². The Kier molecular flexibility index (Phi) is 4.89. The third-order valence-electron chi connectivity index (χ3n) is 4.87. The van der Waals surface area contributed by atoms with Gasteiger partial charge in [-0.05, 0) is 55.7 Å². The van der Waals surface area contributed by atoms with Crippen LogP contribution in [0.15, 0.2) is 45.7 Å². The Balaban J connectivity index is 1.88. The first-order valence-corrected chi connectivity index (χ1v) is 11.0. The molecule has 0 bridgehead atoms. The lowest BCUT2D eigenvalue weighted by molar-refractivity contribution is -0.115. The summed E-state index contributed by atoms with van der Waals surface area (Å²) in [5.41, 5.74) is 2.02.